The number of nitrogens with zero attached hydrogens (tertiary/aromatic N) is 4. The lowest BCUT2D eigenvalue weighted by atomic mass is 10.1. The highest BCUT2D eigenvalue weighted by Crippen LogP contribution is 2.31. The second-order valence-corrected chi connectivity index (χ2v) is 4.25. The van der Waals surface area contributed by atoms with Gasteiger partial charge in [0, 0.05) is 18.9 Å². The number of rotatable bonds is 2. The van der Waals surface area contributed by atoms with E-state index in [0.29, 0.717) is 5.69 Å². The number of H-pyrrole nitrogens is 1. The van der Waals surface area contributed by atoms with Crippen LogP contribution in [0.5, 0.6) is 0 Å². The number of nitrogens with one attached hydrogen (secondary N) is 1. The average Bonchev–Trinajstić information content (AvgIpc) is 3.10. The first-order valence-electron chi connectivity index (χ1n) is 5.91. The molecule has 3 heterocycles. The summed E-state index contributed by atoms with van der Waals surface area (Å²) in [6.07, 6.45) is 10.0. The van der Waals surface area contributed by atoms with Crippen LogP contribution in [-0.4, -0.2) is 37.3 Å². The Labute approximate surface area is 104 Å². The van der Waals surface area contributed by atoms with Crippen LogP contribution in [0.3, 0.4) is 0 Å². The summed E-state index contributed by atoms with van der Waals surface area (Å²) < 4.78 is 0. The molecule has 6 nitrogen and oxygen atoms in total. The maximum Gasteiger partial charge on any atom is 0.272 e. The van der Waals surface area contributed by atoms with Gasteiger partial charge in [0.2, 0.25) is 0 Å². The predicted octanol–water partition coefficient (Wildman–Crippen LogP) is 1.18. The molecule has 0 aromatic carbocycles. The van der Waals surface area contributed by atoms with Crippen molar-refractivity contribution in [1.29, 1.82) is 0 Å². The van der Waals surface area contributed by atoms with Gasteiger partial charge in [-0.2, -0.15) is 0 Å². The molecular formula is C12H13N5O. The summed E-state index contributed by atoms with van der Waals surface area (Å²) in [4.78, 5) is 29.2. The van der Waals surface area contributed by atoms with Crippen LogP contribution in [0.4, 0.5) is 0 Å². The van der Waals surface area contributed by atoms with Crippen molar-refractivity contribution in [1.82, 2.24) is 24.8 Å². The largest absolute Gasteiger partial charge is 0.341 e. The summed E-state index contributed by atoms with van der Waals surface area (Å²) in [6.45, 7) is 0.749. The summed E-state index contributed by atoms with van der Waals surface area (Å²) in [5.41, 5.74) is 1.37. The van der Waals surface area contributed by atoms with E-state index in [1.807, 2.05) is 4.90 Å². The van der Waals surface area contributed by atoms with E-state index in [2.05, 4.69) is 19.9 Å². The molecule has 1 fully saturated rings. The molecule has 1 aliphatic rings. The van der Waals surface area contributed by atoms with Crippen molar-refractivity contribution in [2.45, 2.75) is 18.9 Å². The van der Waals surface area contributed by atoms with Crippen LogP contribution in [0.2, 0.25) is 0 Å². The highest BCUT2D eigenvalue weighted by molar-refractivity contribution is 5.92. The molecule has 6 heteroatoms. The van der Waals surface area contributed by atoms with Crippen molar-refractivity contribution in [3.63, 3.8) is 0 Å². The summed E-state index contributed by atoms with van der Waals surface area (Å²) in [6, 6.07) is 0.0227. The predicted molar refractivity (Wildman–Crippen MR) is 63.6 cm³/mol. The van der Waals surface area contributed by atoms with Gasteiger partial charge in [-0.05, 0) is 12.8 Å². The Morgan fingerprint density at radius 2 is 2.28 bits per heavy atom. The van der Waals surface area contributed by atoms with Gasteiger partial charge in [0.1, 0.15) is 5.69 Å². The van der Waals surface area contributed by atoms with Crippen LogP contribution in [0.25, 0.3) is 0 Å². The number of hydrogen-bond donors (Lipinski definition) is 1. The van der Waals surface area contributed by atoms with E-state index in [1.54, 1.807) is 24.8 Å². The Bertz CT molecular complexity index is 525. The maximum atomic E-state index is 12.3. The maximum absolute atomic E-state index is 12.3. The van der Waals surface area contributed by atoms with Crippen LogP contribution >= 0.6 is 0 Å². The number of aromatic amines is 1. The van der Waals surface area contributed by atoms with Crippen molar-refractivity contribution in [3.8, 4) is 0 Å². The van der Waals surface area contributed by atoms with Gasteiger partial charge in [-0.15, -0.1) is 0 Å². The Balaban J connectivity index is 1.86. The van der Waals surface area contributed by atoms with Crippen molar-refractivity contribution in [3.05, 3.63) is 42.5 Å². The highest BCUT2D eigenvalue weighted by Gasteiger charge is 2.32. The molecule has 1 amide bonds. The molecular weight excluding hydrogens is 230 g/mol. The number of aromatic nitrogens is 4. The molecule has 0 saturated carbocycles. The normalized spacial score (nSPS) is 19.1. The quantitative estimate of drug-likeness (QED) is 0.859. The monoisotopic (exact) mass is 243 g/mol. The standard InChI is InChI=1S/C12H13N5O/c18-12(10-7-14-8-16-10)17-5-1-2-11(17)9-6-13-3-4-15-9/h3-4,6-8,11H,1-2,5H2,(H,14,16)/t11-/m0/s1. The van der Waals surface area contributed by atoms with E-state index in [9.17, 15) is 4.79 Å². The summed E-state index contributed by atoms with van der Waals surface area (Å²) in [5.74, 6) is -0.0272. The highest BCUT2D eigenvalue weighted by atomic mass is 16.2. The van der Waals surface area contributed by atoms with E-state index in [1.165, 1.54) is 6.33 Å². The molecule has 0 radical (unpaired) electrons. The second-order valence-electron chi connectivity index (χ2n) is 4.25. The van der Waals surface area contributed by atoms with E-state index < -0.39 is 0 Å². The molecule has 0 bridgehead atoms. The number of likely N-dealkylation sites (tertiary alicyclic amines) is 1. The van der Waals surface area contributed by atoms with Crippen molar-refractivity contribution in [2.75, 3.05) is 6.54 Å². The van der Waals surface area contributed by atoms with Crippen LogP contribution in [0.1, 0.15) is 35.1 Å². The molecule has 2 aromatic rings. The molecule has 1 aliphatic heterocycles. The van der Waals surface area contributed by atoms with E-state index in [4.69, 9.17) is 0 Å². The van der Waals surface area contributed by atoms with Gasteiger partial charge in [0.05, 0.1) is 30.5 Å². The fraction of sp³-hybridized carbons (Fsp3) is 0.333. The zero-order chi connectivity index (χ0) is 12.4. The zero-order valence-corrected chi connectivity index (χ0v) is 9.78. The molecule has 1 saturated heterocycles. The van der Waals surface area contributed by atoms with Crippen molar-refractivity contribution in [2.24, 2.45) is 0 Å². The van der Waals surface area contributed by atoms with E-state index >= 15 is 0 Å². The lowest BCUT2D eigenvalue weighted by molar-refractivity contribution is 0.0727. The number of amides is 1. The third kappa shape index (κ3) is 1.85. The van der Waals surface area contributed by atoms with Gasteiger partial charge in [0.15, 0.2) is 0 Å². The number of carbonyl (C=O) groups excluding carboxylic acids is 1. The van der Waals surface area contributed by atoms with Gasteiger partial charge in [-0.1, -0.05) is 0 Å². The van der Waals surface area contributed by atoms with Crippen LogP contribution < -0.4 is 0 Å². The van der Waals surface area contributed by atoms with Gasteiger partial charge in [-0.25, -0.2) is 4.98 Å². The molecule has 1 atom stereocenters. The summed E-state index contributed by atoms with van der Waals surface area (Å²) in [5, 5.41) is 0. The molecule has 1 N–H and O–H groups in total. The third-order valence-corrected chi connectivity index (χ3v) is 3.17. The molecule has 18 heavy (non-hydrogen) atoms. The summed E-state index contributed by atoms with van der Waals surface area (Å²) in [7, 11) is 0. The molecule has 3 rings (SSSR count). The van der Waals surface area contributed by atoms with Crippen molar-refractivity contribution >= 4 is 5.91 Å². The first-order chi connectivity index (χ1) is 8.86. The molecule has 92 valence electrons. The Kier molecular flexibility index (Phi) is 2.76. The molecule has 0 spiro atoms. The van der Waals surface area contributed by atoms with Gasteiger partial charge in [-0.3, -0.25) is 14.8 Å². The second kappa shape index (κ2) is 4.56. The number of hydrogen-bond acceptors (Lipinski definition) is 4. The van der Waals surface area contributed by atoms with Crippen LogP contribution in [-0.2, 0) is 0 Å². The minimum absolute atomic E-state index is 0.0227. The smallest absolute Gasteiger partial charge is 0.272 e. The first-order valence-corrected chi connectivity index (χ1v) is 5.91. The third-order valence-electron chi connectivity index (χ3n) is 3.17. The fourth-order valence-corrected chi connectivity index (χ4v) is 2.33. The van der Waals surface area contributed by atoms with Crippen LogP contribution in [0, 0.1) is 0 Å². The van der Waals surface area contributed by atoms with Gasteiger partial charge >= 0.3 is 0 Å². The number of carbonyl (C=O) groups is 1. The van der Waals surface area contributed by atoms with Gasteiger partial charge < -0.3 is 9.88 Å². The minimum Gasteiger partial charge on any atom is -0.341 e. The van der Waals surface area contributed by atoms with Gasteiger partial charge in [0.25, 0.3) is 5.91 Å². The lowest BCUT2D eigenvalue weighted by Gasteiger charge is -2.23. The van der Waals surface area contributed by atoms with E-state index in [-0.39, 0.29) is 11.9 Å². The summed E-state index contributed by atoms with van der Waals surface area (Å²) >= 11 is 0. The minimum atomic E-state index is -0.0272. The molecule has 2 aromatic heterocycles. The fourth-order valence-electron chi connectivity index (χ4n) is 2.33. The van der Waals surface area contributed by atoms with Crippen LogP contribution in [0.15, 0.2) is 31.1 Å². The van der Waals surface area contributed by atoms with E-state index in [0.717, 1.165) is 25.1 Å². The Morgan fingerprint density at radius 3 is 3.00 bits per heavy atom. The van der Waals surface area contributed by atoms with Crippen molar-refractivity contribution < 1.29 is 4.79 Å². The molecule has 0 aliphatic carbocycles. The number of imidazole rings is 1. The Hall–Kier alpha value is -2.24. The zero-order valence-electron chi connectivity index (χ0n) is 9.78. The first kappa shape index (κ1) is 10.9. The Morgan fingerprint density at radius 1 is 1.33 bits per heavy atom. The molecule has 0 unspecified atom stereocenters. The topological polar surface area (TPSA) is 74.8 Å². The lowest BCUT2D eigenvalue weighted by Crippen LogP contribution is -2.31. The SMILES string of the molecule is O=C(c1cnc[nH]1)N1CCC[C@H]1c1cnccn1. The average molecular weight is 243 g/mol.